The average molecular weight is 174 g/mol. The lowest BCUT2D eigenvalue weighted by molar-refractivity contribution is -0.144. The van der Waals surface area contributed by atoms with Gasteiger partial charge >= 0.3 is 11.9 Å². The average Bonchev–Trinajstić information content (AvgIpc) is 2.03. The largest absolute Gasteiger partial charge is 0.511 e. The lowest BCUT2D eigenvalue weighted by atomic mass is 10.2. The molecule has 0 aliphatic heterocycles. The van der Waals surface area contributed by atoms with Gasteiger partial charge in [-0.1, -0.05) is 0 Å². The summed E-state index contributed by atoms with van der Waals surface area (Å²) in [4.78, 5) is 21.6. The monoisotopic (exact) mass is 174 g/mol. The standard InChI is InChI=1S/C7H10O5/c1-4(8)5(6(9)11-2)7(10)12-3/h8H,1-3H3. The molecule has 0 rings (SSSR count). The number of rotatable bonds is 2. The van der Waals surface area contributed by atoms with Gasteiger partial charge in [0.25, 0.3) is 0 Å². The Bertz CT molecular complexity index is 206. The van der Waals surface area contributed by atoms with Crippen LogP contribution in [-0.4, -0.2) is 31.3 Å². The highest BCUT2D eigenvalue weighted by Gasteiger charge is 2.22. The van der Waals surface area contributed by atoms with Crippen LogP contribution in [0.5, 0.6) is 0 Å². The van der Waals surface area contributed by atoms with Gasteiger partial charge in [0.05, 0.1) is 14.2 Å². The van der Waals surface area contributed by atoms with Gasteiger partial charge in [0, 0.05) is 0 Å². The summed E-state index contributed by atoms with van der Waals surface area (Å²) in [5.41, 5.74) is -0.486. The van der Waals surface area contributed by atoms with Crippen LogP contribution in [-0.2, 0) is 19.1 Å². The van der Waals surface area contributed by atoms with Crippen molar-refractivity contribution in [1.82, 2.24) is 0 Å². The first-order valence-electron chi connectivity index (χ1n) is 3.11. The van der Waals surface area contributed by atoms with Crippen LogP contribution in [0.3, 0.4) is 0 Å². The van der Waals surface area contributed by atoms with Gasteiger partial charge < -0.3 is 14.6 Å². The molecule has 0 atom stereocenters. The van der Waals surface area contributed by atoms with Crippen LogP contribution in [0.2, 0.25) is 0 Å². The molecule has 5 nitrogen and oxygen atoms in total. The molecule has 0 saturated carbocycles. The first kappa shape index (κ1) is 10.5. The van der Waals surface area contributed by atoms with Crippen molar-refractivity contribution in [2.75, 3.05) is 14.2 Å². The summed E-state index contributed by atoms with van der Waals surface area (Å²) in [5.74, 6) is -2.25. The Hall–Kier alpha value is -1.52. The number of aliphatic hydroxyl groups excluding tert-OH is 1. The number of esters is 2. The highest BCUT2D eigenvalue weighted by Crippen LogP contribution is 2.05. The van der Waals surface area contributed by atoms with Crippen molar-refractivity contribution in [3.05, 3.63) is 11.3 Å². The van der Waals surface area contributed by atoms with Crippen LogP contribution in [0.25, 0.3) is 0 Å². The van der Waals surface area contributed by atoms with Crippen molar-refractivity contribution in [2.24, 2.45) is 0 Å². The number of carbonyl (C=O) groups excluding carboxylic acids is 2. The maximum atomic E-state index is 10.8. The molecule has 5 heteroatoms. The summed E-state index contributed by atoms with van der Waals surface area (Å²) in [6, 6.07) is 0. The van der Waals surface area contributed by atoms with Gasteiger partial charge in [0.15, 0.2) is 5.57 Å². The molecule has 0 amide bonds. The van der Waals surface area contributed by atoms with Crippen molar-refractivity contribution in [1.29, 1.82) is 0 Å². The predicted molar refractivity (Wildman–Crippen MR) is 39.4 cm³/mol. The summed E-state index contributed by atoms with van der Waals surface area (Å²) in [6.07, 6.45) is 0. The molecule has 0 spiro atoms. The van der Waals surface area contributed by atoms with Crippen LogP contribution in [0.15, 0.2) is 11.3 Å². The number of ether oxygens (including phenoxy) is 2. The Morgan fingerprint density at radius 3 is 1.58 bits per heavy atom. The maximum Gasteiger partial charge on any atom is 0.348 e. The minimum Gasteiger partial charge on any atom is -0.511 e. The molecule has 68 valence electrons. The Kier molecular flexibility index (Phi) is 3.82. The Labute approximate surface area is 69.6 Å². The Morgan fingerprint density at radius 2 is 1.42 bits per heavy atom. The van der Waals surface area contributed by atoms with Gasteiger partial charge in [-0.2, -0.15) is 0 Å². The fourth-order valence-electron chi connectivity index (χ4n) is 0.583. The second-order valence-electron chi connectivity index (χ2n) is 1.94. The van der Waals surface area contributed by atoms with Crippen LogP contribution >= 0.6 is 0 Å². The highest BCUT2D eigenvalue weighted by molar-refractivity contribution is 6.14. The van der Waals surface area contributed by atoms with E-state index in [4.69, 9.17) is 5.11 Å². The number of carbonyl (C=O) groups is 2. The van der Waals surface area contributed by atoms with E-state index in [1.807, 2.05) is 0 Å². The van der Waals surface area contributed by atoms with E-state index in [1.54, 1.807) is 0 Å². The van der Waals surface area contributed by atoms with E-state index in [-0.39, 0.29) is 0 Å². The fourth-order valence-corrected chi connectivity index (χ4v) is 0.583. The smallest absolute Gasteiger partial charge is 0.348 e. The normalized spacial score (nSPS) is 8.58. The lowest BCUT2D eigenvalue weighted by Crippen LogP contribution is -2.17. The molecule has 0 aliphatic carbocycles. The van der Waals surface area contributed by atoms with Gasteiger partial charge in [-0.3, -0.25) is 0 Å². The number of aliphatic hydroxyl groups is 1. The molecular weight excluding hydrogens is 164 g/mol. The van der Waals surface area contributed by atoms with Crippen molar-refractivity contribution in [3.63, 3.8) is 0 Å². The summed E-state index contributed by atoms with van der Waals surface area (Å²) >= 11 is 0. The molecule has 0 fully saturated rings. The molecule has 0 aromatic heterocycles. The van der Waals surface area contributed by atoms with E-state index in [9.17, 15) is 9.59 Å². The first-order valence-corrected chi connectivity index (χ1v) is 3.11. The third-order valence-corrected chi connectivity index (χ3v) is 1.14. The number of hydrogen-bond donors (Lipinski definition) is 1. The quantitative estimate of drug-likeness (QED) is 0.212. The highest BCUT2D eigenvalue weighted by atomic mass is 16.5. The van der Waals surface area contributed by atoms with Gasteiger partial charge in [-0.05, 0) is 6.92 Å². The topological polar surface area (TPSA) is 72.8 Å². The third kappa shape index (κ3) is 2.26. The molecule has 0 unspecified atom stereocenters. The predicted octanol–water partition coefficient (Wildman–Crippen LogP) is 0.164. The number of methoxy groups -OCH3 is 2. The summed E-state index contributed by atoms with van der Waals surface area (Å²) < 4.78 is 8.48. The van der Waals surface area contributed by atoms with Gasteiger partial charge in [0.1, 0.15) is 5.76 Å². The van der Waals surface area contributed by atoms with E-state index in [2.05, 4.69) is 9.47 Å². The zero-order valence-electron chi connectivity index (χ0n) is 7.08. The first-order chi connectivity index (χ1) is 5.54. The molecule has 0 heterocycles. The Balaban J connectivity index is 4.83. The Morgan fingerprint density at radius 1 is 1.08 bits per heavy atom. The number of allylic oxidation sites excluding steroid dienone is 1. The van der Waals surface area contributed by atoms with Crippen LogP contribution in [0.1, 0.15) is 6.92 Å². The molecule has 0 aliphatic rings. The van der Waals surface area contributed by atoms with Crippen molar-refractivity contribution in [2.45, 2.75) is 6.92 Å². The van der Waals surface area contributed by atoms with Crippen molar-refractivity contribution >= 4 is 11.9 Å². The molecule has 0 bridgehead atoms. The minimum atomic E-state index is -0.915. The summed E-state index contributed by atoms with van der Waals surface area (Å²) in [5, 5.41) is 8.89. The summed E-state index contributed by atoms with van der Waals surface area (Å²) in [6.45, 7) is 1.20. The van der Waals surface area contributed by atoms with E-state index >= 15 is 0 Å². The fraction of sp³-hybridized carbons (Fsp3) is 0.429. The van der Waals surface area contributed by atoms with Gasteiger partial charge in [-0.15, -0.1) is 0 Å². The van der Waals surface area contributed by atoms with E-state index < -0.39 is 23.3 Å². The van der Waals surface area contributed by atoms with Crippen LogP contribution < -0.4 is 0 Å². The van der Waals surface area contributed by atoms with Crippen LogP contribution in [0.4, 0.5) is 0 Å². The van der Waals surface area contributed by atoms with E-state index in [0.29, 0.717) is 0 Å². The van der Waals surface area contributed by atoms with Gasteiger partial charge in [-0.25, -0.2) is 9.59 Å². The zero-order valence-corrected chi connectivity index (χ0v) is 7.08. The molecule has 0 radical (unpaired) electrons. The van der Waals surface area contributed by atoms with Crippen molar-refractivity contribution in [3.8, 4) is 0 Å². The number of hydrogen-bond acceptors (Lipinski definition) is 5. The molecule has 0 aromatic carbocycles. The lowest BCUT2D eigenvalue weighted by Gasteiger charge is -2.03. The molecule has 1 N–H and O–H groups in total. The third-order valence-electron chi connectivity index (χ3n) is 1.14. The van der Waals surface area contributed by atoms with Crippen molar-refractivity contribution < 1.29 is 24.2 Å². The molecule has 12 heavy (non-hydrogen) atoms. The maximum absolute atomic E-state index is 10.8. The summed E-state index contributed by atoms with van der Waals surface area (Å²) in [7, 11) is 2.21. The SMILES string of the molecule is COC(=O)C(C(=O)OC)=C(C)O. The molecule has 0 aromatic rings. The minimum absolute atomic E-state index is 0.422. The zero-order chi connectivity index (χ0) is 9.72. The molecular formula is C7H10O5. The van der Waals surface area contributed by atoms with E-state index in [1.165, 1.54) is 6.92 Å². The van der Waals surface area contributed by atoms with Gasteiger partial charge in [0.2, 0.25) is 0 Å². The molecule has 0 saturated heterocycles. The van der Waals surface area contributed by atoms with E-state index in [0.717, 1.165) is 14.2 Å². The van der Waals surface area contributed by atoms with Crippen LogP contribution in [0, 0.1) is 0 Å². The second-order valence-corrected chi connectivity index (χ2v) is 1.94. The second kappa shape index (κ2) is 4.38.